The first-order chi connectivity index (χ1) is 6.68. The molecule has 14 heavy (non-hydrogen) atoms. The van der Waals surface area contributed by atoms with Gasteiger partial charge in [-0.1, -0.05) is 11.6 Å². The van der Waals surface area contributed by atoms with E-state index in [2.05, 4.69) is 0 Å². The smallest absolute Gasteiger partial charge is 0.326 e. The minimum absolute atomic E-state index is 0.365. The van der Waals surface area contributed by atoms with E-state index in [9.17, 15) is 4.79 Å². The van der Waals surface area contributed by atoms with E-state index in [0.717, 1.165) is 18.7 Å². The van der Waals surface area contributed by atoms with E-state index < -0.39 is 5.97 Å². The first kappa shape index (κ1) is 9.34. The average Bonchev–Trinajstić information content (AvgIpc) is 2.05. The summed E-state index contributed by atoms with van der Waals surface area (Å²) in [7, 11) is 0. The van der Waals surface area contributed by atoms with Gasteiger partial charge in [-0.3, -0.25) is 0 Å². The summed E-state index contributed by atoms with van der Waals surface area (Å²) in [5.74, 6) is -0.758. The molecule has 1 saturated heterocycles. The monoisotopic (exact) mass is 211 g/mol. The standard InChI is InChI=1S/C10H10ClNO2/c11-7-1-3-8(4-2-7)12-6-5-9(12)10(13)14/h1-4,9H,5-6H2,(H,13,14)/t9-/m1/s1. The van der Waals surface area contributed by atoms with Gasteiger partial charge in [-0.05, 0) is 30.7 Å². The number of rotatable bonds is 2. The van der Waals surface area contributed by atoms with Crippen LogP contribution in [0.1, 0.15) is 6.42 Å². The van der Waals surface area contributed by atoms with Crippen LogP contribution in [0, 0.1) is 0 Å². The van der Waals surface area contributed by atoms with Gasteiger partial charge >= 0.3 is 5.97 Å². The number of carboxylic acids is 1. The third-order valence-corrected chi connectivity index (χ3v) is 2.71. The molecule has 1 aromatic rings. The highest BCUT2D eigenvalue weighted by Crippen LogP contribution is 2.27. The molecule has 1 aromatic carbocycles. The second-order valence-electron chi connectivity index (χ2n) is 3.31. The van der Waals surface area contributed by atoms with Crippen LogP contribution >= 0.6 is 11.6 Å². The fourth-order valence-corrected chi connectivity index (χ4v) is 1.71. The van der Waals surface area contributed by atoms with Gasteiger partial charge in [0.25, 0.3) is 0 Å². The van der Waals surface area contributed by atoms with Gasteiger partial charge in [-0.15, -0.1) is 0 Å². The molecule has 1 heterocycles. The molecular weight excluding hydrogens is 202 g/mol. The summed E-state index contributed by atoms with van der Waals surface area (Å²) in [5, 5.41) is 9.52. The Morgan fingerprint density at radius 2 is 2.07 bits per heavy atom. The largest absolute Gasteiger partial charge is 0.480 e. The number of nitrogens with zero attached hydrogens (tertiary/aromatic N) is 1. The molecular formula is C10H10ClNO2. The van der Waals surface area contributed by atoms with Crippen molar-refractivity contribution in [1.29, 1.82) is 0 Å². The van der Waals surface area contributed by atoms with Crippen molar-refractivity contribution in [3.63, 3.8) is 0 Å². The van der Waals surface area contributed by atoms with Crippen LogP contribution in [0.3, 0.4) is 0 Å². The fourth-order valence-electron chi connectivity index (χ4n) is 1.59. The third kappa shape index (κ3) is 1.55. The fraction of sp³-hybridized carbons (Fsp3) is 0.300. The Bertz CT molecular complexity index is 350. The molecule has 1 fully saturated rings. The minimum Gasteiger partial charge on any atom is -0.480 e. The lowest BCUT2D eigenvalue weighted by atomic mass is 10.0. The molecule has 0 radical (unpaired) electrons. The van der Waals surface area contributed by atoms with E-state index in [-0.39, 0.29) is 6.04 Å². The Labute approximate surface area is 86.9 Å². The summed E-state index contributed by atoms with van der Waals surface area (Å²) < 4.78 is 0. The summed E-state index contributed by atoms with van der Waals surface area (Å²) in [5.41, 5.74) is 0.924. The molecule has 2 rings (SSSR count). The zero-order valence-corrected chi connectivity index (χ0v) is 8.24. The molecule has 4 heteroatoms. The van der Waals surface area contributed by atoms with Gasteiger partial charge in [0.15, 0.2) is 0 Å². The maximum absolute atomic E-state index is 10.8. The zero-order chi connectivity index (χ0) is 10.1. The molecule has 1 atom stereocenters. The maximum atomic E-state index is 10.8. The number of halogens is 1. The van der Waals surface area contributed by atoms with Crippen molar-refractivity contribution in [2.45, 2.75) is 12.5 Å². The number of anilines is 1. The molecule has 0 saturated carbocycles. The Hall–Kier alpha value is -1.22. The summed E-state index contributed by atoms with van der Waals surface area (Å²) >= 11 is 5.74. The van der Waals surface area contributed by atoms with E-state index >= 15 is 0 Å². The van der Waals surface area contributed by atoms with Crippen molar-refractivity contribution >= 4 is 23.3 Å². The SMILES string of the molecule is O=C(O)[C@H]1CCN1c1ccc(Cl)cc1. The Morgan fingerprint density at radius 1 is 1.43 bits per heavy atom. The van der Waals surface area contributed by atoms with Crippen LogP contribution < -0.4 is 4.90 Å². The number of aliphatic carboxylic acids is 1. The van der Waals surface area contributed by atoms with Crippen molar-refractivity contribution < 1.29 is 9.90 Å². The van der Waals surface area contributed by atoms with Gasteiger partial charge in [0, 0.05) is 17.3 Å². The maximum Gasteiger partial charge on any atom is 0.326 e. The summed E-state index contributed by atoms with van der Waals surface area (Å²) in [4.78, 5) is 12.6. The molecule has 3 nitrogen and oxygen atoms in total. The van der Waals surface area contributed by atoms with Crippen molar-refractivity contribution in [2.24, 2.45) is 0 Å². The van der Waals surface area contributed by atoms with Crippen LogP contribution in [0.4, 0.5) is 5.69 Å². The predicted molar refractivity (Wildman–Crippen MR) is 54.8 cm³/mol. The number of benzene rings is 1. The van der Waals surface area contributed by atoms with Gasteiger partial charge in [0.2, 0.25) is 0 Å². The molecule has 74 valence electrons. The second kappa shape index (κ2) is 3.50. The molecule has 0 amide bonds. The van der Waals surface area contributed by atoms with Crippen LogP contribution in [0.25, 0.3) is 0 Å². The number of carbonyl (C=O) groups is 1. The number of carboxylic acid groups (broad SMARTS) is 1. The summed E-state index contributed by atoms with van der Waals surface area (Å²) in [6.45, 7) is 0.804. The summed E-state index contributed by atoms with van der Waals surface area (Å²) in [6.07, 6.45) is 0.720. The lowest BCUT2D eigenvalue weighted by Gasteiger charge is -2.39. The van der Waals surface area contributed by atoms with Crippen LogP contribution in [0.2, 0.25) is 5.02 Å². The quantitative estimate of drug-likeness (QED) is 0.814. The normalized spacial score (nSPS) is 20.4. The van der Waals surface area contributed by atoms with Gasteiger partial charge in [0.1, 0.15) is 6.04 Å². The lowest BCUT2D eigenvalue weighted by Crippen LogP contribution is -2.52. The molecule has 1 aliphatic rings. The van der Waals surface area contributed by atoms with Gasteiger partial charge in [-0.2, -0.15) is 0 Å². The molecule has 0 unspecified atom stereocenters. The highest BCUT2D eigenvalue weighted by atomic mass is 35.5. The van der Waals surface area contributed by atoms with E-state index in [1.54, 1.807) is 12.1 Å². The van der Waals surface area contributed by atoms with Gasteiger partial charge < -0.3 is 10.0 Å². The van der Waals surface area contributed by atoms with E-state index in [1.165, 1.54) is 0 Å². The molecule has 1 aliphatic heterocycles. The molecule has 1 N–H and O–H groups in total. The average molecular weight is 212 g/mol. The van der Waals surface area contributed by atoms with Crippen molar-refractivity contribution in [1.82, 2.24) is 0 Å². The summed E-state index contributed by atoms with van der Waals surface area (Å²) in [6, 6.07) is 6.87. The number of hydrogen-bond donors (Lipinski definition) is 1. The van der Waals surface area contributed by atoms with E-state index in [0.29, 0.717) is 5.02 Å². The zero-order valence-electron chi connectivity index (χ0n) is 7.48. The Balaban J connectivity index is 2.16. The van der Waals surface area contributed by atoms with Crippen molar-refractivity contribution in [2.75, 3.05) is 11.4 Å². The van der Waals surface area contributed by atoms with E-state index in [1.807, 2.05) is 17.0 Å². The van der Waals surface area contributed by atoms with Crippen LogP contribution in [-0.4, -0.2) is 23.7 Å². The topological polar surface area (TPSA) is 40.5 Å². The second-order valence-corrected chi connectivity index (χ2v) is 3.75. The first-order valence-electron chi connectivity index (χ1n) is 4.43. The van der Waals surface area contributed by atoms with Gasteiger partial charge in [-0.25, -0.2) is 4.79 Å². The molecule has 0 aromatic heterocycles. The molecule has 0 bridgehead atoms. The third-order valence-electron chi connectivity index (χ3n) is 2.46. The van der Waals surface area contributed by atoms with Crippen LogP contribution in [0.15, 0.2) is 24.3 Å². The van der Waals surface area contributed by atoms with Crippen LogP contribution in [-0.2, 0) is 4.79 Å². The van der Waals surface area contributed by atoms with E-state index in [4.69, 9.17) is 16.7 Å². The Kier molecular flexibility index (Phi) is 2.33. The van der Waals surface area contributed by atoms with Crippen LogP contribution in [0.5, 0.6) is 0 Å². The highest BCUT2D eigenvalue weighted by Gasteiger charge is 2.33. The van der Waals surface area contributed by atoms with Crippen molar-refractivity contribution in [3.05, 3.63) is 29.3 Å². The highest BCUT2D eigenvalue weighted by molar-refractivity contribution is 6.30. The number of hydrogen-bond acceptors (Lipinski definition) is 2. The lowest BCUT2D eigenvalue weighted by molar-refractivity contribution is -0.139. The molecule has 0 aliphatic carbocycles. The first-order valence-corrected chi connectivity index (χ1v) is 4.81. The predicted octanol–water partition coefficient (Wildman–Crippen LogP) is 2.00. The van der Waals surface area contributed by atoms with Crippen molar-refractivity contribution in [3.8, 4) is 0 Å². The minimum atomic E-state index is -0.758. The van der Waals surface area contributed by atoms with Gasteiger partial charge in [0.05, 0.1) is 0 Å². The Morgan fingerprint density at radius 3 is 2.50 bits per heavy atom. The molecule has 0 spiro atoms.